The van der Waals surface area contributed by atoms with Gasteiger partial charge in [0.1, 0.15) is 97.7 Å². The molecule has 1 aliphatic heterocycles. The number of phosphoric ester groups is 2. The molecule has 248 valence electrons. The van der Waals surface area contributed by atoms with Crippen molar-refractivity contribution in [1.82, 2.24) is 0 Å². The van der Waals surface area contributed by atoms with E-state index in [9.17, 15) is 85.1 Å². The maximum Gasteiger partial charge on any atom is 0.268 e. The Morgan fingerprint density at radius 1 is 0.524 bits per heavy atom. The van der Waals surface area contributed by atoms with Crippen LogP contribution in [0, 0.1) is 0 Å². The highest BCUT2D eigenvalue weighted by molar-refractivity contribution is 7.45. The second-order valence-electron chi connectivity index (χ2n) is 9.86. The van der Waals surface area contributed by atoms with Gasteiger partial charge >= 0.3 is 0 Å². The molecule has 0 aromatic heterocycles. The van der Waals surface area contributed by atoms with Crippen LogP contribution in [0.3, 0.4) is 0 Å². The van der Waals surface area contributed by atoms with Gasteiger partial charge in [0.2, 0.25) is 0 Å². The molecule has 2 aliphatic carbocycles. The van der Waals surface area contributed by atoms with Gasteiger partial charge in [-0.15, -0.1) is 0 Å². The van der Waals surface area contributed by atoms with Gasteiger partial charge in [0.15, 0.2) is 6.29 Å². The van der Waals surface area contributed by atoms with E-state index in [2.05, 4.69) is 13.6 Å². The van der Waals surface area contributed by atoms with Crippen LogP contribution >= 0.6 is 15.6 Å². The van der Waals surface area contributed by atoms with Crippen LogP contribution in [-0.2, 0) is 32.2 Å². The quantitative estimate of drug-likeness (QED) is 0.102. The minimum Gasteiger partial charge on any atom is -0.790 e. The Morgan fingerprint density at radius 2 is 0.929 bits per heavy atom. The highest BCUT2D eigenvalue weighted by Gasteiger charge is 2.54. The summed E-state index contributed by atoms with van der Waals surface area (Å²) in [5, 5.41) is 120. The Kier molecular flexibility index (Phi) is 11.7. The first-order valence-electron chi connectivity index (χ1n) is 12.0. The molecule has 12 N–H and O–H groups in total. The third-order valence-corrected chi connectivity index (χ3v) is 8.45. The number of aliphatic hydroxyl groups excluding tert-OH is 12. The van der Waals surface area contributed by atoms with Gasteiger partial charge in [-0.05, 0) is 0 Å². The number of aliphatic hydroxyl groups is 12. The third-order valence-electron chi connectivity index (χ3n) is 6.98. The second kappa shape index (κ2) is 13.6. The SMILES string of the molecule is O=P([O-])([O-])O[C@@H]1[C@H](O)[C@H](O)[C@@H](O)[C@H](O)[C@H]1O[C@H]1O[C@H](COP(=O)([O-])OC2[C@H](O)[C@H](O)C(O)[C@H](O)[C@H]2O)[C@@H](O)[C@H](O)[C@@H]1O. The monoisotopic (exact) mass is 661 g/mol. The van der Waals surface area contributed by atoms with Gasteiger partial charge in [-0.3, -0.25) is 4.57 Å². The van der Waals surface area contributed by atoms with Crippen LogP contribution in [0.2, 0.25) is 0 Å². The first-order chi connectivity index (χ1) is 19.2. The van der Waals surface area contributed by atoms with Crippen LogP contribution < -0.4 is 14.7 Å². The van der Waals surface area contributed by atoms with Gasteiger partial charge in [0, 0.05) is 0 Å². The summed E-state index contributed by atoms with van der Waals surface area (Å²) in [6.07, 6.45) is -38.0. The minimum absolute atomic E-state index is 1.29. The van der Waals surface area contributed by atoms with Crippen LogP contribution in [0.5, 0.6) is 0 Å². The van der Waals surface area contributed by atoms with E-state index < -0.39 is 126 Å². The molecule has 42 heavy (non-hydrogen) atoms. The summed E-state index contributed by atoms with van der Waals surface area (Å²) in [4.78, 5) is 34.6. The van der Waals surface area contributed by atoms with Crippen molar-refractivity contribution in [2.45, 2.75) is 104 Å². The fourth-order valence-corrected chi connectivity index (χ4v) is 6.08. The molecule has 0 amide bonds. The Bertz CT molecular complexity index is 982. The molecule has 3 aliphatic rings. The van der Waals surface area contributed by atoms with E-state index in [1.807, 2.05) is 0 Å². The number of hydrogen-bond donors (Lipinski definition) is 12. The molecule has 0 aromatic carbocycles. The number of phosphoric acid groups is 2. The highest BCUT2D eigenvalue weighted by Crippen LogP contribution is 2.44. The predicted octanol–water partition coefficient (Wildman–Crippen LogP) is -10.5. The van der Waals surface area contributed by atoms with Gasteiger partial charge in [-0.2, -0.15) is 0 Å². The second-order valence-corrected chi connectivity index (χ2v) is 12.3. The van der Waals surface area contributed by atoms with Gasteiger partial charge in [0.05, 0.1) is 14.4 Å². The molecule has 24 heteroatoms. The standard InChI is InChI=1S/C18H34O22P2/c19-3-2(1-36-42(34,35)40-15-10(26)6(22)5(21)7(23)11(15)27)37-18(14(30)4(3)20)38-16-12(28)8(24)9(25)13(29)17(16)39-41(31,32)33/h2-30H,1H2,(H,34,35)(H2,31,32,33)/p-3/t2-,3-,4+,5?,6-,7+,8-,9-,10-,11-,12+,13-,14+,15?,16-,17-,18-/m1/s1. The molecular weight excluding hydrogens is 630 g/mol. The normalized spacial score (nSPS) is 50.3. The Balaban J connectivity index is 1.73. The smallest absolute Gasteiger partial charge is 0.268 e. The van der Waals surface area contributed by atoms with Crippen molar-refractivity contribution in [2.75, 3.05) is 6.61 Å². The lowest BCUT2D eigenvalue weighted by Crippen LogP contribution is -2.67. The van der Waals surface area contributed by atoms with Crippen molar-refractivity contribution in [3.63, 3.8) is 0 Å². The van der Waals surface area contributed by atoms with Gasteiger partial charge in [0.25, 0.3) is 7.82 Å². The summed E-state index contributed by atoms with van der Waals surface area (Å²) in [5.41, 5.74) is 0. The summed E-state index contributed by atoms with van der Waals surface area (Å²) < 4.78 is 46.9. The zero-order valence-electron chi connectivity index (χ0n) is 20.9. The predicted molar refractivity (Wildman–Crippen MR) is 117 cm³/mol. The van der Waals surface area contributed by atoms with E-state index in [1.54, 1.807) is 0 Å². The summed E-state index contributed by atoms with van der Waals surface area (Å²) in [6.45, 7) is -1.29. The molecule has 3 rings (SSSR count). The molecule has 18 atom stereocenters. The van der Waals surface area contributed by atoms with Crippen LogP contribution in [-0.4, -0.2) is 172 Å². The third kappa shape index (κ3) is 7.71. The highest BCUT2D eigenvalue weighted by atomic mass is 31.2. The van der Waals surface area contributed by atoms with Crippen LogP contribution in [0.1, 0.15) is 0 Å². The van der Waals surface area contributed by atoms with Crippen LogP contribution in [0.4, 0.5) is 0 Å². The molecule has 3 unspecified atom stereocenters. The van der Waals surface area contributed by atoms with E-state index in [1.165, 1.54) is 0 Å². The van der Waals surface area contributed by atoms with Gasteiger partial charge in [-0.25, -0.2) is 0 Å². The molecular formula is C18H31O22P2-3. The lowest BCUT2D eigenvalue weighted by molar-refractivity contribution is -0.366. The van der Waals surface area contributed by atoms with E-state index >= 15 is 0 Å². The number of hydrogen-bond acceptors (Lipinski definition) is 22. The van der Waals surface area contributed by atoms with E-state index in [4.69, 9.17) is 9.47 Å². The van der Waals surface area contributed by atoms with E-state index in [0.29, 0.717) is 0 Å². The molecule has 1 heterocycles. The molecule has 0 bridgehead atoms. The molecule has 2 saturated carbocycles. The Hall–Kier alpha value is -0.340. The Labute approximate surface area is 235 Å². The summed E-state index contributed by atoms with van der Waals surface area (Å²) in [5.74, 6) is 0. The lowest BCUT2D eigenvalue weighted by atomic mass is 9.84. The maximum absolute atomic E-state index is 12.3. The minimum atomic E-state index is -5.97. The first kappa shape index (κ1) is 36.1. The average Bonchev–Trinajstić information content (AvgIpc) is 2.91. The molecule has 1 saturated heterocycles. The summed E-state index contributed by atoms with van der Waals surface area (Å²) >= 11 is 0. The molecule has 0 radical (unpaired) electrons. The molecule has 0 spiro atoms. The zero-order chi connectivity index (χ0) is 32.1. The fraction of sp³-hybridized carbons (Fsp3) is 1.00. The van der Waals surface area contributed by atoms with Crippen molar-refractivity contribution in [3.05, 3.63) is 0 Å². The van der Waals surface area contributed by atoms with E-state index in [-0.39, 0.29) is 0 Å². The largest absolute Gasteiger partial charge is 0.790 e. The lowest BCUT2D eigenvalue weighted by Gasteiger charge is -2.49. The van der Waals surface area contributed by atoms with Crippen LogP contribution in [0.25, 0.3) is 0 Å². The number of rotatable bonds is 9. The average molecular weight is 661 g/mol. The summed E-state index contributed by atoms with van der Waals surface area (Å²) in [6, 6.07) is 0. The van der Waals surface area contributed by atoms with Crippen molar-refractivity contribution in [2.24, 2.45) is 0 Å². The molecule has 0 aromatic rings. The van der Waals surface area contributed by atoms with Gasteiger partial charge in [-0.1, -0.05) is 0 Å². The zero-order valence-corrected chi connectivity index (χ0v) is 22.7. The fourth-order valence-electron chi connectivity index (χ4n) is 4.60. The molecule has 22 nitrogen and oxygen atoms in total. The Morgan fingerprint density at radius 3 is 1.40 bits per heavy atom. The van der Waals surface area contributed by atoms with E-state index in [0.717, 1.165) is 0 Å². The maximum atomic E-state index is 12.3. The van der Waals surface area contributed by atoms with Gasteiger partial charge < -0.3 is 104 Å². The summed E-state index contributed by atoms with van der Waals surface area (Å²) in [7, 11) is -11.6. The number of ether oxygens (including phenoxy) is 2. The van der Waals surface area contributed by atoms with Crippen molar-refractivity contribution < 1.29 is 108 Å². The van der Waals surface area contributed by atoms with Crippen LogP contribution in [0.15, 0.2) is 0 Å². The topological polar surface area (TPSA) is 392 Å². The van der Waals surface area contributed by atoms with Crippen molar-refractivity contribution >= 4 is 15.6 Å². The molecule has 3 fully saturated rings. The first-order valence-corrected chi connectivity index (χ1v) is 14.9. The van der Waals surface area contributed by atoms with Crippen molar-refractivity contribution in [1.29, 1.82) is 0 Å². The van der Waals surface area contributed by atoms with Crippen molar-refractivity contribution in [3.8, 4) is 0 Å².